The highest BCUT2D eigenvalue weighted by atomic mass is 19.1. The summed E-state index contributed by atoms with van der Waals surface area (Å²) in [5, 5.41) is 21.0. The number of aliphatic hydroxyl groups is 1. The minimum absolute atomic E-state index is 0.00772. The fourth-order valence-electron chi connectivity index (χ4n) is 2.15. The van der Waals surface area contributed by atoms with Gasteiger partial charge >= 0.3 is 12.0 Å². The second-order valence-electron chi connectivity index (χ2n) is 4.68. The number of aliphatic hydroxyl groups excluding tert-OH is 1. The van der Waals surface area contributed by atoms with Crippen LogP contribution < -0.4 is 5.32 Å². The third kappa shape index (κ3) is 3.24. The molecule has 0 aromatic heterocycles. The van der Waals surface area contributed by atoms with Crippen molar-refractivity contribution in [1.29, 1.82) is 0 Å². The van der Waals surface area contributed by atoms with Crippen LogP contribution in [0, 0.1) is 5.82 Å². The second-order valence-corrected chi connectivity index (χ2v) is 4.68. The number of benzene rings is 1. The molecule has 6 nitrogen and oxygen atoms in total. The molecule has 1 aliphatic heterocycles. The van der Waals surface area contributed by atoms with Crippen molar-refractivity contribution in [3.8, 4) is 0 Å². The predicted octanol–water partition coefficient (Wildman–Crippen LogP) is 0.555. The molecule has 1 aliphatic rings. The molecule has 0 aliphatic carbocycles. The van der Waals surface area contributed by atoms with Crippen LogP contribution in [0.4, 0.5) is 9.18 Å². The molecule has 0 spiro atoms. The first-order chi connectivity index (χ1) is 9.47. The highest BCUT2D eigenvalue weighted by Gasteiger charge is 2.38. The summed E-state index contributed by atoms with van der Waals surface area (Å²) in [6, 6.07) is 4.05. The highest BCUT2D eigenvalue weighted by molar-refractivity contribution is 5.83. The maximum atomic E-state index is 12.7. The Kier molecular flexibility index (Phi) is 4.19. The van der Waals surface area contributed by atoms with E-state index in [0.717, 1.165) is 4.90 Å². The molecular weight excluding hydrogens is 267 g/mol. The van der Waals surface area contributed by atoms with Crippen molar-refractivity contribution < 1.29 is 24.2 Å². The zero-order valence-electron chi connectivity index (χ0n) is 10.6. The van der Waals surface area contributed by atoms with Crippen LogP contribution in [-0.4, -0.2) is 45.8 Å². The molecular formula is C13H15FN2O4. The van der Waals surface area contributed by atoms with Crippen molar-refractivity contribution >= 4 is 12.0 Å². The van der Waals surface area contributed by atoms with Crippen LogP contribution in [0.5, 0.6) is 0 Å². The Hall–Kier alpha value is -2.15. The van der Waals surface area contributed by atoms with Gasteiger partial charge in [-0.15, -0.1) is 0 Å². The maximum absolute atomic E-state index is 12.7. The third-order valence-corrected chi connectivity index (χ3v) is 3.18. The lowest BCUT2D eigenvalue weighted by atomic mass is 10.2. The third-order valence-electron chi connectivity index (χ3n) is 3.18. The van der Waals surface area contributed by atoms with Crippen molar-refractivity contribution in [1.82, 2.24) is 10.2 Å². The van der Waals surface area contributed by atoms with E-state index in [4.69, 9.17) is 5.11 Å². The Labute approximate surface area is 114 Å². The monoisotopic (exact) mass is 282 g/mol. The summed E-state index contributed by atoms with van der Waals surface area (Å²) in [6.07, 6.45) is -0.799. The van der Waals surface area contributed by atoms with Crippen LogP contribution in [0.25, 0.3) is 0 Å². The molecule has 0 bridgehead atoms. The van der Waals surface area contributed by atoms with Gasteiger partial charge in [-0.1, -0.05) is 12.1 Å². The summed E-state index contributed by atoms with van der Waals surface area (Å²) >= 11 is 0. The SMILES string of the molecule is O=C(O)[C@H]1C[C@@H](O)CN1C(=O)NCc1ccc(F)cc1. The number of nitrogens with zero attached hydrogens (tertiary/aromatic N) is 1. The topological polar surface area (TPSA) is 89.9 Å². The summed E-state index contributed by atoms with van der Waals surface area (Å²) in [4.78, 5) is 24.0. The van der Waals surface area contributed by atoms with Gasteiger partial charge in [0.2, 0.25) is 0 Å². The number of carbonyl (C=O) groups excluding carboxylic acids is 1. The van der Waals surface area contributed by atoms with Crippen molar-refractivity contribution in [2.75, 3.05) is 6.54 Å². The highest BCUT2D eigenvalue weighted by Crippen LogP contribution is 2.18. The number of aliphatic carboxylic acids is 1. The van der Waals surface area contributed by atoms with E-state index in [1.807, 2.05) is 0 Å². The number of amides is 2. The van der Waals surface area contributed by atoms with Crippen LogP contribution in [-0.2, 0) is 11.3 Å². The summed E-state index contributed by atoms with van der Waals surface area (Å²) in [5.41, 5.74) is 0.700. The Morgan fingerprint density at radius 1 is 1.35 bits per heavy atom. The molecule has 1 saturated heterocycles. The van der Waals surface area contributed by atoms with Gasteiger partial charge in [0.05, 0.1) is 6.10 Å². The quantitative estimate of drug-likeness (QED) is 0.755. The van der Waals surface area contributed by atoms with Gasteiger partial charge in [0, 0.05) is 19.5 Å². The summed E-state index contributed by atoms with van der Waals surface area (Å²) in [7, 11) is 0. The molecule has 2 atom stereocenters. The van der Waals surface area contributed by atoms with Crippen LogP contribution >= 0.6 is 0 Å². The first-order valence-corrected chi connectivity index (χ1v) is 6.17. The standard InChI is InChI=1S/C13H15FN2O4/c14-9-3-1-8(2-4-9)6-15-13(20)16-7-10(17)5-11(16)12(18)19/h1-4,10-11,17H,5-7H2,(H,15,20)(H,18,19)/t10-,11-/m1/s1. The summed E-state index contributed by atoms with van der Waals surface area (Å²) in [5.74, 6) is -1.51. The van der Waals surface area contributed by atoms with Gasteiger partial charge in [0.15, 0.2) is 0 Å². The van der Waals surface area contributed by atoms with E-state index in [1.165, 1.54) is 24.3 Å². The number of carboxylic acids is 1. The van der Waals surface area contributed by atoms with E-state index in [9.17, 15) is 19.1 Å². The Morgan fingerprint density at radius 3 is 2.60 bits per heavy atom. The van der Waals surface area contributed by atoms with Gasteiger partial charge in [-0.2, -0.15) is 0 Å². The Balaban J connectivity index is 1.94. The Morgan fingerprint density at radius 2 is 2.00 bits per heavy atom. The zero-order valence-corrected chi connectivity index (χ0v) is 10.6. The van der Waals surface area contributed by atoms with Gasteiger partial charge in [0.1, 0.15) is 11.9 Å². The molecule has 7 heteroatoms. The molecule has 1 aromatic rings. The number of urea groups is 1. The fraction of sp³-hybridized carbons (Fsp3) is 0.385. The van der Waals surface area contributed by atoms with E-state index in [-0.39, 0.29) is 25.3 Å². The number of nitrogens with one attached hydrogen (secondary N) is 1. The largest absolute Gasteiger partial charge is 0.480 e. The Bertz CT molecular complexity index is 506. The van der Waals surface area contributed by atoms with Crippen molar-refractivity contribution in [2.45, 2.75) is 25.1 Å². The van der Waals surface area contributed by atoms with Gasteiger partial charge in [0.25, 0.3) is 0 Å². The number of carbonyl (C=O) groups is 2. The molecule has 20 heavy (non-hydrogen) atoms. The number of β-amino-alcohol motifs (C(OH)–C–C–N with tert-alkyl or cyclic N) is 1. The minimum Gasteiger partial charge on any atom is -0.480 e. The number of rotatable bonds is 3. The molecule has 1 heterocycles. The van der Waals surface area contributed by atoms with E-state index in [0.29, 0.717) is 5.56 Å². The van der Waals surface area contributed by atoms with Gasteiger partial charge in [-0.05, 0) is 17.7 Å². The number of carboxylic acid groups (broad SMARTS) is 1. The van der Waals surface area contributed by atoms with Gasteiger partial charge in [-0.25, -0.2) is 14.0 Å². The van der Waals surface area contributed by atoms with Crippen molar-refractivity contribution in [2.24, 2.45) is 0 Å². The fourth-order valence-corrected chi connectivity index (χ4v) is 2.15. The van der Waals surface area contributed by atoms with Crippen LogP contribution in [0.2, 0.25) is 0 Å². The molecule has 3 N–H and O–H groups in total. The van der Waals surface area contributed by atoms with E-state index >= 15 is 0 Å². The maximum Gasteiger partial charge on any atom is 0.326 e. The lowest BCUT2D eigenvalue weighted by Gasteiger charge is -2.21. The van der Waals surface area contributed by atoms with E-state index in [1.54, 1.807) is 0 Å². The number of halogens is 1. The zero-order chi connectivity index (χ0) is 14.7. The van der Waals surface area contributed by atoms with Gasteiger partial charge in [-0.3, -0.25) is 0 Å². The molecule has 2 amide bonds. The van der Waals surface area contributed by atoms with Crippen LogP contribution in [0.1, 0.15) is 12.0 Å². The number of hydrogen-bond donors (Lipinski definition) is 3. The molecule has 0 saturated carbocycles. The normalized spacial score (nSPS) is 21.8. The molecule has 108 valence electrons. The molecule has 1 aromatic carbocycles. The van der Waals surface area contributed by atoms with E-state index < -0.39 is 24.1 Å². The number of likely N-dealkylation sites (tertiary alicyclic amines) is 1. The summed E-state index contributed by atoms with van der Waals surface area (Å²) < 4.78 is 12.7. The van der Waals surface area contributed by atoms with Gasteiger partial charge < -0.3 is 20.4 Å². The second kappa shape index (κ2) is 5.87. The lowest BCUT2D eigenvalue weighted by Crippen LogP contribution is -2.45. The van der Waals surface area contributed by atoms with E-state index in [2.05, 4.69) is 5.32 Å². The van der Waals surface area contributed by atoms with Crippen molar-refractivity contribution in [3.63, 3.8) is 0 Å². The van der Waals surface area contributed by atoms with Crippen molar-refractivity contribution in [3.05, 3.63) is 35.6 Å². The number of hydrogen-bond acceptors (Lipinski definition) is 3. The molecule has 2 rings (SSSR count). The lowest BCUT2D eigenvalue weighted by molar-refractivity contribution is -0.141. The van der Waals surface area contributed by atoms with Crippen LogP contribution in [0.15, 0.2) is 24.3 Å². The smallest absolute Gasteiger partial charge is 0.326 e. The average molecular weight is 282 g/mol. The average Bonchev–Trinajstić information content (AvgIpc) is 2.80. The summed E-state index contributed by atoms with van der Waals surface area (Å²) in [6.45, 7) is 0.157. The minimum atomic E-state index is -1.14. The predicted molar refractivity (Wildman–Crippen MR) is 67.4 cm³/mol. The first-order valence-electron chi connectivity index (χ1n) is 6.17. The van der Waals surface area contributed by atoms with Crippen LogP contribution in [0.3, 0.4) is 0 Å². The molecule has 1 fully saturated rings. The molecule has 0 radical (unpaired) electrons. The first kappa shape index (κ1) is 14.3. The molecule has 0 unspecified atom stereocenters.